The van der Waals surface area contributed by atoms with E-state index in [2.05, 4.69) is 50.1 Å². The van der Waals surface area contributed by atoms with Gasteiger partial charge in [-0.25, -0.2) is 4.90 Å². The maximum absolute atomic E-state index is 12.6. The lowest BCUT2D eigenvalue weighted by molar-refractivity contribution is -0.345. The van der Waals surface area contributed by atoms with E-state index in [1.807, 2.05) is 4.90 Å². The van der Waals surface area contributed by atoms with Gasteiger partial charge in [0.05, 0.1) is 37.3 Å². The third kappa shape index (κ3) is 6.63. The predicted molar refractivity (Wildman–Crippen MR) is 147 cm³/mol. The monoisotopic (exact) mass is 606 g/mol. The topological polar surface area (TPSA) is 152 Å². The lowest BCUT2D eigenvalue weighted by atomic mass is 9.76. The van der Waals surface area contributed by atoms with Gasteiger partial charge in [-0.15, -0.1) is 13.2 Å². The molecule has 242 valence electrons. The highest BCUT2D eigenvalue weighted by Crippen LogP contribution is 2.38. The van der Waals surface area contributed by atoms with E-state index in [4.69, 9.17) is 10.5 Å². The van der Waals surface area contributed by atoms with E-state index in [1.54, 1.807) is 0 Å². The minimum Gasteiger partial charge on any atom is -0.387 e. The number of nitrogens with two attached hydrogens (primary N) is 1. The molecular weight excluding hydrogens is 557 g/mol. The first-order chi connectivity index (χ1) is 20.0. The smallest absolute Gasteiger partial charge is 0.387 e. The maximum Gasteiger partial charge on any atom is 0.522 e. The molecular formula is C27H49F3N8O4. The fraction of sp³-hybridized carbons (Fsp3) is 1.00. The molecule has 2 aliphatic carbocycles. The molecule has 6 rings (SSSR count). The van der Waals surface area contributed by atoms with Crippen LogP contribution in [-0.2, 0) is 9.47 Å². The van der Waals surface area contributed by atoms with Crippen LogP contribution in [0.1, 0.15) is 58.8 Å². The summed E-state index contributed by atoms with van der Waals surface area (Å²) in [6.07, 6.45) is -3.06. The van der Waals surface area contributed by atoms with Gasteiger partial charge in [0.25, 0.3) is 0 Å². The molecule has 0 radical (unpaired) electrons. The Labute approximate surface area is 245 Å². The number of alkyl halides is 3. The fourth-order valence-electron chi connectivity index (χ4n) is 8.15. The minimum atomic E-state index is -4.58. The van der Waals surface area contributed by atoms with Gasteiger partial charge in [-0.1, -0.05) is 0 Å². The van der Waals surface area contributed by atoms with E-state index in [0.29, 0.717) is 51.1 Å². The average molecular weight is 607 g/mol. The number of nitrogens with one attached hydrogen (secondary N) is 5. The molecule has 42 heavy (non-hydrogen) atoms. The summed E-state index contributed by atoms with van der Waals surface area (Å²) in [5.74, 6) is 0.583. The molecule has 11 atom stereocenters. The molecule has 4 aliphatic heterocycles. The van der Waals surface area contributed by atoms with Gasteiger partial charge in [0.15, 0.2) is 0 Å². The third-order valence-electron chi connectivity index (χ3n) is 10.4. The van der Waals surface area contributed by atoms with Crippen LogP contribution in [0.4, 0.5) is 13.2 Å². The molecule has 6 aliphatic rings. The minimum absolute atomic E-state index is 0.0169. The van der Waals surface area contributed by atoms with Gasteiger partial charge in [0.1, 0.15) is 24.5 Å². The standard InChI is InChI=1S/C27H49F3N8O4/c1-13(2)37(10-19-22(39)23(40)26(41-19)38-12-34-21-24(31)32-11-33-25(21)38)15-7-14(8-15)3-6-20-35-17-5-4-16(9-18(17)36-20)42-27(28,29)30/h13-26,32-36,39-40H,3-12,31H2,1-2H3/t14?,15?,16?,17?,18?,19-,20?,21?,22-,23-,24?,25?,26-/m1/s1. The summed E-state index contributed by atoms with van der Waals surface area (Å²) < 4.78 is 48.6. The average Bonchev–Trinajstić information content (AvgIpc) is 3.58. The number of nitrogens with zero attached hydrogens (tertiary/aromatic N) is 2. The second kappa shape index (κ2) is 12.6. The molecule has 6 fully saturated rings. The number of hydrogen-bond donors (Lipinski definition) is 8. The lowest BCUT2D eigenvalue weighted by Gasteiger charge is -2.46. The van der Waals surface area contributed by atoms with Crippen molar-refractivity contribution in [3.8, 4) is 0 Å². The van der Waals surface area contributed by atoms with Crippen LogP contribution >= 0.6 is 0 Å². The Bertz CT molecular complexity index is 917. The van der Waals surface area contributed by atoms with Crippen molar-refractivity contribution in [1.29, 1.82) is 0 Å². The summed E-state index contributed by atoms with van der Waals surface area (Å²) in [5.41, 5.74) is 6.20. The third-order valence-corrected chi connectivity index (χ3v) is 10.4. The van der Waals surface area contributed by atoms with Crippen molar-refractivity contribution < 1.29 is 32.9 Å². The van der Waals surface area contributed by atoms with E-state index in [-0.39, 0.29) is 42.7 Å². The lowest BCUT2D eigenvalue weighted by Crippen LogP contribution is -2.68. The van der Waals surface area contributed by atoms with Crippen molar-refractivity contribution in [3.05, 3.63) is 0 Å². The molecule has 7 unspecified atom stereocenters. The molecule has 0 aromatic rings. The number of fused-ring (bicyclic) bond motifs is 2. The summed E-state index contributed by atoms with van der Waals surface area (Å²) in [6.45, 7) is 5.92. The van der Waals surface area contributed by atoms with Crippen molar-refractivity contribution in [3.63, 3.8) is 0 Å². The highest BCUT2D eigenvalue weighted by molar-refractivity contribution is 5.03. The van der Waals surface area contributed by atoms with Crippen molar-refractivity contribution in [2.75, 3.05) is 19.9 Å². The Hall–Kier alpha value is -0.690. The normalized spacial score (nSPS) is 46.3. The predicted octanol–water partition coefficient (Wildman–Crippen LogP) is -0.960. The Balaban J connectivity index is 0.951. The van der Waals surface area contributed by atoms with Gasteiger partial charge in [0.2, 0.25) is 0 Å². The van der Waals surface area contributed by atoms with Gasteiger partial charge in [-0.2, -0.15) is 0 Å². The highest BCUT2D eigenvalue weighted by Gasteiger charge is 2.52. The molecule has 0 bridgehead atoms. The second-order valence-corrected chi connectivity index (χ2v) is 13.5. The zero-order valence-electron chi connectivity index (χ0n) is 24.5. The number of hydrogen-bond acceptors (Lipinski definition) is 12. The molecule has 0 spiro atoms. The Morgan fingerprint density at radius 3 is 2.52 bits per heavy atom. The zero-order valence-corrected chi connectivity index (χ0v) is 24.5. The summed E-state index contributed by atoms with van der Waals surface area (Å²) in [5, 5.41) is 39.0. The van der Waals surface area contributed by atoms with E-state index in [9.17, 15) is 23.4 Å². The highest BCUT2D eigenvalue weighted by atomic mass is 19.4. The number of aliphatic hydroxyl groups excluding tert-OH is 2. The van der Waals surface area contributed by atoms with E-state index in [0.717, 1.165) is 25.7 Å². The summed E-state index contributed by atoms with van der Waals surface area (Å²) in [7, 11) is 0. The van der Waals surface area contributed by atoms with Crippen LogP contribution in [0.15, 0.2) is 0 Å². The van der Waals surface area contributed by atoms with Crippen LogP contribution < -0.4 is 32.3 Å². The van der Waals surface area contributed by atoms with Gasteiger partial charge in [-0.3, -0.25) is 36.2 Å². The molecule has 0 aromatic carbocycles. The first-order valence-corrected chi connectivity index (χ1v) is 15.7. The summed E-state index contributed by atoms with van der Waals surface area (Å²) >= 11 is 0. The van der Waals surface area contributed by atoms with Crippen LogP contribution in [0.25, 0.3) is 0 Å². The molecule has 12 nitrogen and oxygen atoms in total. The van der Waals surface area contributed by atoms with Crippen LogP contribution in [0, 0.1) is 5.92 Å². The molecule has 0 aromatic heterocycles. The number of rotatable bonds is 9. The SMILES string of the molecule is CC(C)N(C[C@H]1O[C@@H](N2CNC3C(N)NCNC32)[C@H](O)[C@@H]1O)C1CC(CCC2NC3CCC(OC(F)(F)F)CC3N2)C1. The number of aliphatic hydroxyl groups is 2. The van der Waals surface area contributed by atoms with Gasteiger partial charge in [0, 0.05) is 37.4 Å². The van der Waals surface area contributed by atoms with E-state index >= 15 is 0 Å². The Morgan fingerprint density at radius 2 is 1.79 bits per heavy atom. The number of ether oxygens (including phenoxy) is 2. The molecule has 0 amide bonds. The molecule has 9 N–H and O–H groups in total. The molecule has 15 heteroatoms. The molecule has 2 saturated carbocycles. The van der Waals surface area contributed by atoms with Crippen molar-refractivity contribution in [1.82, 2.24) is 36.4 Å². The van der Waals surface area contributed by atoms with Crippen molar-refractivity contribution in [2.24, 2.45) is 11.7 Å². The van der Waals surface area contributed by atoms with Crippen LogP contribution in [0.5, 0.6) is 0 Å². The summed E-state index contributed by atoms with van der Waals surface area (Å²) in [4.78, 5) is 4.41. The summed E-state index contributed by atoms with van der Waals surface area (Å²) in [6, 6.07) is 0.844. The van der Waals surface area contributed by atoms with Gasteiger partial charge in [-0.05, 0) is 64.7 Å². The van der Waals surface area contributed by atoms with Gasteiger partial charge < -0.3 is 20.7 Å². The second-order valence-electron chi connectivity index (χ2n) is 13.5. The molecule has 4 saturated heterocycles. The fourth-order valence-corrected chi connectivity index (χ4v) is 8.15. The number of halogens is 3. The first kappa shape index (κ1) is 31.3. The van der Waals surface area contributed by atoms with E-state index in [1.165, 1.54) is 0 Å². The largest absolute Gasteiger partial charge is 0.522 e. The van der Waals surface area contributed by atoms with Crippen LogP contribution in [-0.4, -0.2) is 126 Å². The first-order valence-electron chi connectivity index (χ1n) is 15.7. The molecule has 4 heterocycles. The van der Waals surface area contributed by atoms with Crippen LogP contribution in [0.3, 0.4) is 0 Å². The Morgan fingerprint density at radius 1 is 1.02 bits per heavy atom. The Kier molecular flexibility index (Phi) is 9.39. The van der Waals surface area contributed by atoms with Crippen LogP contribution in [0.2, 0.25) is 0 Å². The van der Waals surface area contributed by atoms with Crippen molar-refractivity contribution in [2.45, 2.75) is 145 Å². The maximum atomic E-state index is 12.6. The van der Waals surface area contributed by atoms with Gasteiger partial charge >= 0.3 is 6.36 Å². The van der Waals surface area contributed by atoms with E-state index < -0.39 is 37.0 Å². The quantitative estimate of drug-likeness (QED) is 0.163. The zero-order chi connectivity index (χ0) is 29.8. The van der Waals surface area contributed by atoms with Crippen molar-refractivity contribution >= 4 is 0 Å².